The molecule has 1 unspecified atom stereocenters. The van der Waals surface area contributed by atoms with Crippen molar-refractivity contribution < 1.29 is 18.7 Å². The summed E-state index contributed by atoms with van der Waals surface area (Å²) in [5.74, 6) is 0.945. The Labute approximate surface area is 226 Å². The van der Waals surface area contributed by atoms with Gasteiger partial charge in [-0.05, 0) is 79.4 Å². The van der Waals surface area contributed by atoms with Crippen molar-refractivity contribution in [1.82, 2.24) is 20.3 Å². The highest BCUT2D eigenvalue weighted by Crippen LogP contribution is 2.28. The van der Waals surface area contributed by atoms with Crippen molar-refractivity contribution in [1.29, 1.82) is 0 Å². The number of rotatable bonds is 12. The molecule has 0 radical (unpaired) electrons. The first-order valence-electron chi connectivity index (χ1n) is 12.6. The van der Waals surface area contributed by atoms with Crippen LogP contribution in [0.15, 0.2) is 58.6 Å². The summed E-state index contributed by atoms with van der Waals surface area (Å²) < 4.78 is 24.6. The SMILES string of the molecule is COc1ccc(Sc2nc(Nc3cccc(F)c3)nc(N[C@@H](CC(C)C)C(=O)NCC3CCCO3)n2)cc1. The second-order valence-corrected chi connectivity index (χ2v) is 10.4. The van der Waals surface area contributed by atoms with Crippen LogP contribution in [0.2, 0.25) is 0 Å². The van der Waals surface area contributed by atoms with E-state index in [9.17, 15) is 9.18 Å². The lowest BCUT2D eigenvalue weighted by Crippen LogP contribution is -2.43. The number of amides is 1. The molecular weight excluding hydrogens is 507 g/mol. The number of methoxy groups -OCH3 is 1. The second kappa shape index (κ2) is 13.4. The summed E-state index contributed by atoms with van der Waals surface area (Å²) in [6.07, 6.45) is 2.58. The Morgan fingerprint density at radius 1 is 1.16 bits per heavy atom. The lowest BCUT2D eigenvalue weighted by Gasteiger charge is -2.21. The minimum Gasteiger partial charge on any atom is -0.497 e. The van der Waals surface area contributed by atoms with E-state index in [2.05, 4.69) is 44.7 Å². The van der Waals surface area contributed by atoms with Gasteiger partial charge >= 0.3 is 0 Å². The van der Waals surface area contributed by atoms with Crippen molar-refractivity contribution in [3.8, 4) is 5.75 Å². The van der Waals surface area contributed by atoms with Crippen LogP contribution in [0.5, 0.6) is 5.75 Å². The van der Waals surface area contributed by atoms with Crippen LogP contribution in [0.1, 0.15) is 33.1 Å². The van der Waals surface area contributed by atoms with Crippen molar-refractivity contribution >= 4 is 35.3 Å². The maximum atomic E-state index is 13.8. The summed E-state index contributed by atoms with van der Waals surface area (Å²) in [6, 6.07) is 13.0. The Bertz CT molecular complexity index is 1210. The van der Waals surface area contributed by atoms with Crippen LogP contribution < -0.4 is 20.7 Å². The highest BCUT2D eigenvalue weighted by molar-refractivity contribution is 7.99. The van der Waals surface area contributed by atoms with Gasteiger partial charge in [-0.1, -0.05) is 19.9 Å². The molecule has 11 heteroatoms. The number of aromatic nitrogens is 3. The number of carbonyl (C=O) groups excluding carboxylic acids is 1. The molecule has 2 atom stereocenters. The molecule has 0 aliphatic carbocycles. The number of halogens is 1. The molecule has 1 aliphatic heterocycles. The Hall–Kier alpha value is -3.44. The third-order valence-electron chi connectivity index (χ3n) is 5.82. The number of benzene rings is 2. The number of hydrogen-bond donors (Lipinski definition) is 3. The van der Waals surface area contributed by atoms with Gasteiger partial charge in [0.25, 0.3) is 0 Å². The zero-order valence-corrected chi connectivity index (χ0v) is 22.6. The van der Waals surface area contributed by atoms with Crippen LogP contribution in [0.3, 0.4) is 0 Å². The zero-order chi connectivity index (χ0) is 26.9. The smallest absolute Gasteiger partial charge is 0.242 e. The topological polar surface area (TPSA) is 110 Å². The van der Waals surface area contributed by atoms with Gasteiger partial charge in [0.2, 0.25) is 17.8 Å². The fourth-order valence-corrected chi connectivity index (χ4v) is 4.72. The van der Waals surface area contributed by atoms with Crippen molar-refractivity contribution in [3.63, 3.8) is 0 Å². The molecule has 1 saturated heterocycles. The first kappa shape index (κ1) is 27.6. The van der Waals surface area contributed by atoms with E-state index >= 15 is 0 Å². The summed E-state index contributed by atoms with van der Waals surface area (Å²) >= 11 is 1.34. The van der Waals surface area contributed by atoms with Crippen LogP contribution >= 0.6 is 11.8 Å². The minimum atomic E-state index is -0.556. The Kier molecular flexibility index (Phi) is 9.72. The average Bonchev–Trinajstić information content (AvgIpc) is 3.41. The molecule has 9 nitrogen and oxygen atoms in total. The van der Waals surface area contributed by atoms with Gasteiger partial charge in [0, 0.05) is 23.7 Å². The fourth-order valence-electron chi connectivity index (χ4n) is 3.97. The van der Waals surface area contributed by atoms with Crippen LogP contribution in [-0.2, 0) is 9.53 Å². The Balaban J connectivity index is 1.57. The monoisotopic (exact) mass is 540 g/mol. The van der Waals surface area contributed by atoms with Gasteiger partial charge in [0.15, 0.2) is 5.16 Å². The summed E-state index contributed by atoms with van der Waals surface area (Å²) in [6.45, 7) is 5.31. The number of anilines is 3. The number of nitrogens with one attached hydrogen (secondary N) is 3. The third-order valence-corrected chi connectivity index (χ3v) is 6.69. The standard InChI is InChI=1S/C27H33FN6O3S/c1-17(2)14-23(24(35)29-16-21-8-5-13-37-21)31-26-32-25(30-19-7-4-6-18(28)15-19)33-27(34-26)38-22-11-9-20(36-3)10-12-22/h4,6-7,9-12,15,17,21,23H,5,8,13-14,16H2,1-3H3,(H,29,35)(H2,30,31,32,33,34)/t21?,23-/m0/s1. The first-order valence-corrected chi connectivity index (χ1v) is 13.5. The molecule has 38 heavy (non-hydrogen) atoms. The molecule has 1 aliphatic rings. The van der Waals surface area contributed by atoms with Crippen LogP contribution in [0.4, 0.5) is 22.0 Å². The minimum absolute atomic E-state index is 0.0467. The van der Waals surface area contributed by atoms with E-state index in [1.165, 1.54) is 23.9 Å². The fraction of sp³-hybridized carbons (Fsp3) is 0.407. The average molecular weight is 541 g/mol. The van der Waals surface area contributed by atoms with E-state index in [-0.39, 0.29) is 35.6 Å². The molecule has 1 aromatic heterocycles. The predicted octanol–water partition coefficient (Wildman–Crippen LogP) is 5.04. The summed E-state index contributed by atoms with van der Waals surface area (Å²) in [5.41, 5.74) is 0.496. The highest BCUT2D eigenvalue weighted by Gasteiger charge is 2.24. The number of nitrogens with zero attached hydrogens (tertiary/aromatic N) is 3. The normalized spacial score (nSPS) is 15.8. The van der Waals surface area contributed by atoms with Gasteiger partial charge in [-0.3, -0.25) is 4.79 Å². The summed E-state index contributed by atoms with van der Waals surface area (Å²) in [7, 11) is 1.61. The lowest BCUT2D eigenvalue weighted by atomic mass is 10.0. The number of ether oxygens (including phenoxy) is 2. The quantitative estimate of drug-likeness (QED) is 0.291. The summed E-state index contributed by atoms with van der Waals surface area (Å²) in [5, 5.41) is 9.66. The van der Waals surface area contributed by atoms with Gasteiger partial charge < -0.3 is 25.4 Å². The van der Waals surface area contributed by atoms with E-state index in [1.54, 1.807) is 19.2 Å². The molecular formula is C27H33FN6O3S. The van der Waals surface area contributed by atoms with Crippen LogP contribution in [0, 0.1) is 11.7 Å². The molecule has 0 bridgehead atoms. The molecule has 1 fully saturated rings. The molecule has 4 rings (SSSR count). The van der Waals surface area contributed by atoms with Gasteiger partial charge in [0.1, 0.15) is 17.6 Å². The molecule has 202 valence electrons. The van der Waals surface area contributed by atoms with Gasteiger partial charge in [-0.15, -0.1) is 0 Å². The Morgan fingerprint density at radius 3 is 2.63 bits per heavy atom. The van der Waals surface area contributed by atoms with Gasteiger partial charge in [-0.25, -0.2) is 4.39 Å². The van der Waals surface area contributed by atoms with E-state index in [0.29, 0.717) is 23.8 Å². The molecule has 0 saturated carbocycles. The molecule has 2 heterocycles. The van der Waals surface area contributed by atoms with Crippen LogP contribution in [-0.4, -0.2) is 53.3 Å². The van der Waals surface area contributed by atoms with Gasteiger partial charge in [0.05, 0.1) is 13.2 Å². The largest absolute Gasteiger partial charge is 0.497 e. The lowest BCUT2D eigenvalue weighted by molar-refractivity contribution is -0.122. The van der Waals surface area contributed by atoms with Gasteiger partial charge in [-0.2, -0.15) is 15.0 Å². The number of carbonyl (C=O) groups is 1. The van der Waals surface area contributed by atoms with E-state index in [0.717, 1.165) is 30.1 Å². The summed E-state index contributed by atoms with van der Waals surface area (Å²) in [4.78, 5) is 27.6. The molecule has 2 aromatic carbocycles. The van der Waals surface area contributed by atoms with Crippen LogP contribution in [0.25, 0.3) is 0 Å². The van der Waals surface area contributed by atoms with Crippen molar-refractivity contribution in [2.75, 3.05) is 30.9 Å². The molecule has 3 N–H and O–H groups in total. The maximum Gasteiger partial charge on any atom is 0.242 e. The van der Waals surface area contributed by atoms with Crippen molar-refractivity contribution in [3.05, 3.63) is 54.3 Å². The van der Waals surface area contributed by atoms with E-state index in [4.69, 9.17) is 9.47 Å². The molecule has 3 aromatic rings. The van der Waals surface area contributed by atoms with E-state index in [1.807, 2.05) is 24.3 Å². The van der Waals surface area contributed by atoms with E-state index < -0.39 is 6.04 Å². The highest BCUT2D eigenvalue weighted by atomic mass is 32.2. The maximum absolute atomic E-state index is 13.8. The predicted molar refractivity (Wildman–Crippen MR) is 145 cm³/mol. The Morgan fingerprint density at radius 2 is 1.95 bits per heavy atom. The third kappa shape index (κ3) is 8.29. The molecule has 0 spiro atoms. The second-order valence-electron chi connectivity index (χ2n) is 9.38. The number of hydrogen-bond acceptors (Lipinski definition) is 9. The first-order chi connectivity index (χ1) is 18.4. The van der Waals surface area contributed by atoms with Crippen molar-refractivity contribution in [2.24, 2.45) is 5.92 Å². The zero-order valence-electron chi connectivity index (χ0n) is 21.7. The van der Waals surface area contributed by atoms with Crippen molar-refractivity contribution in [2.45, 2.75) is 55.3 Å². The molecule has 1 amide bonds.